The number of carbonyl (C=O) groups excluding carboxylic acids is 2. The van der Waals surface area contributed by atoms with E-state index in [0.29, 0.717) is 11.8 Å². The quantitative estimate of drug-likeness (QED) is 0.492. The number of halogens is 3. The number of pyridine rings is 1. The summed E-state index contributed by atoms with van der Waals surface area (Å²) in [7, 11) is 0. The molecule has 34 heavy (non-hydrogen) atoms. The van der Waals surface area contributed by atoms with E-state index in [0.717, 1.165) is 31.4 Å². The maximum absolute atomic E-state index is 13.0. The SMILES string of the molecule is CC1CCC(C(C)C)C(OC(=O)COC(=O)c2cccnc2Nc2cccc(C(F)(F)F)c2)C1. The largest absolute Gasteiger partial charge is 0.460 e. The van der Waals surface area contributed by atoms with Crippen LogP contribution in [0, 0.1) is 17.8 Å². The van der Waals surface area contributed by atoms with Gasteiger partial charge in [0.15, 0.2) is 6.61 Å². The number of esters is 2. The van der Waals surface area contributed by atoms with Crippen molar-refractivity contribution in [2.75, 3.05) is 11.9 Å². The Bertz CT molecular complexity index is 1010. The molecule has 184 valence electrons. The van der Waals surface area contributed by atoms with Gasteiger partial charge >= 0.3 is 18.1 Å². The zero-order chi connectivity index (χ0) is 24.9. The Kier molecular flexibility index (Phi) is 8.17. The van der Waals surface area contributed by atoms with Crippen LogP contribution >= 0.6 is 0 Å². The van der Waals surface area contributed by atoms with Gasteiger partial charge in [-0.3, -0.25) is 0 Å². The van der Waals surface area contributed by atoms with Crippen molar-refractivity contribution in [1.29, 1.82) is 0 Å². The molecule has 0 radical (unpaired) electrons. The Morgan fingerprint density at radius 3 is 2.65 bits per heavy atom. The number of aromatic nitrogens is 1. The number of rotatable bonds is 7. The third-order valence-electron chi connectivity index (χ3n) is 6.05. The Morgan fingerprint density at radius 2 is 1.94 bits per heavy atom. The molecule has 3 atom stereocenters. The molecule has 0 bridgehead atoms. The highest BCUT2D eigenvalue weighted by Crippen LogP contribution is 2.35. The molecule has 3 unspecified atom stereocenters. The van der Waals surface area contributed by atoms with Gasteiger partial charge in [0.1, 0.15) is 17.5 Å². The predicted octanol–water partition coefficient (Wildman–Crippen LogP) is 6.00. The maximum atomic E-state index is 13.0. The third-order valence-corrected chi connectivity index (χ3v) is 6.05. The first-order chi connectivity index (χ1) is 16.0. The fourth-order valence-electron chi connectivity index (χ4n) is 4.23. The average Bonchev–Trinajstić information content (AvgIpc) is 2.77. The molecule has 1 fully saturated rings. The fourth-order valence-corrected chi connectivity index (χ4v) is 4.23. The van der Waals surface area contributed by atoms with Gasteiger partial charge in [0, 0.05) is 11.9 Å². The highest BCUT2D eigenvalue weighted by molar-refractivity contribution is 5.96. The number of nitrogens with zero attached hydrogens (tertiary/aromatic N) is 1. The van der Waals surface area contributed by atoms with Gasteiger partial charge in [-0.15, -0.1) is 0 Å². The summed E-state index contributed by atoms with van der Waals surface area (Å²) >= 11 is 0. The van der Waals surface area contributed by atoms with E-state index in [1.54, 1.807) is 0 Å². The van der Waals surface area contributed by atoms with Crippen molar-refractivity contribution in [2.45, 2.75) is 52.3 Å². The first-order valence-corrected chi connectivity index (χ1v) is 11.3. The van der Waals surface area contributed by atoms with Crippen molar-refractivity contribution in [2.24, 2.45) is 17.8 Å². The minimum atomic E-state index is -4.51. The number of hydrogen-bond acceptors (Lipinski definition) is 6. The van der Waals surface area contributed by atoms with E-state index in [9.17, 15) is 22.8 Å². The van der Waals surface area contributed by atoms with Crippen molar-refractivity contribution in [3.05, 3.63) is 53.7 Å². The Balaban J connectivity index is 1.63. The highest BCUT2D eigenvalue weighted by Gasteiger charge is 2.34. The first kappa shape index (κ1) is 25.5. The smallest absolute Gasteiger partial charge is 0.416 e. The molecule has 1 aromatic heterocycles. The second-order valence-corrected chi connectivity index (χ2v) is 9.03. The maximum Gasteiger partial charge on any atom is 0.416 e. The third kappa shape index (κ3) is 6.71. The number of carbonyl (C=O) groups is 2. The van der Waals surface area contributed by atoms with Crippen LogP contribution in [0.5, 0.6) is 0 Å². The first-order valence-electron chi connectivity index (χ1n) is 11.3. The summed E-state index contributed by atoms with van der Waals surface area (Å²) in [5, 5.41) is 2.71. The number of alkyl halides is 3. The van der Waals surface area contributed by atoms with Crippen LogP contribution in [0.4, 0.5) is 24.7 Å². The monoisotopic (exact) mass is 478 g/mol. The van der Waals surface area contributed by atoms with Gasteiger partial charge in [0.05, 0.1) is 5.56 Å². The molecule has 1 aliphatic carbocycles. The molecule has 0 amide bonds. The molecule has 1 N–H and O–H groups in total. The topological polar surface area (TPSA) is 77.5 Å². The van der Waals surface area contributed by atoms with Crippen molar-refractivity contribution in [1.82, 2.24) is 4.98 Å². The Morgan fingerprint density at radius 1 is 1.18 bits per heavy atom. The molecule has 1 aliphatic rings. The lowest BCUT2D eigenvalue weighted by atomic mass is 9.75. The normalized spacial score (nSPS) is 20.6. The molecule has 6 nitrogen and oxygen atoms in total. The van der Waals surface area contributed by atoms with Crippen LogP contribution in [-0.4, -0.2) is 29.6 Å². The van der Waals surface area contributed by atoms with Crippen LogP contribution in [0.25, 0.3) is 0 Å². The molecule has 1 aromatic carbocycles. The zero-order valence-corrected chi connectivity index (χ0v) is 19.4. The van der Waals surface area contributed by atoms with Gasteiger partial charge in [0.2, 0.25) is 0 Å². The highest BCUT2D eigenvalue weighted by atomic mass is 19.4. The van der Waals surface area contributed by atoms with Crippen molar-refractivity contribution in [3.63, 3.8) is 0 Å². The van der Waals surface area contributed by atoms with E-state index in [1.165, 1.54) is 30.5 Å². The molecular formula is C25H29F3N2O4. The summed E-state index contributed by atoms with van der Waals surface area (Å²) in [6.45, 7) is 5.76. The van der Waals surface area contributed by atoms with E-state index < -0.39 is 30.3 Å². The lowest BCUT2D eigenvalue weighted by molar-refractivity contribution is -0.159. The summed E-state index contributed by atoms with van der Waals surface area (Å²) < 4.78 is 49.7. The van der Waals surface area contributed by atoms with E-state index >= 15 is 0 Å². The molecule has 0 spiro atoms. The summed E-state index contributed by atoms with van der Waals surface area (Å²) in [5.74, 6) is -0.368. The van der Waals surface area contributed by atoms with E-state index in [2.05, 4.69) is 31.1 Å². The van der Waals surface area contributed by atoms with E-state index in [1.807, 2.05) is 0 Å². The molecular weight excluding hydrogens is 449 g/mol. The minimum Gasteiger partial charge on any atom is -0.460 e. The summed E-state index contributed by atoms with van der Waals surface area (Å²) in [6.07, 6.45) is -0.487. The molecule has 3 rings (SSSR count). The molecule has 1 heterocycles. The van der Waals surface area contributed by atoms with Crippen LogP contribution in [0.15, 0.2) is 42.6 Å². The summed E-state index contributed by atoms with van der Waals surface area (Å²) in [5.41, 5.74) is -0.746. The van der Waals surface area contributed by atoms with Gasteiger partial charge in [-0.05, 0) is 60.9 Å². The van der Waals surface area contributed by atoms with Gasteiger partial charge < -0.3 is 14.8 Å². The number of hydrogen-bond donors (Lipinski definition) is 1. The molecule has 2 aromatic rings. The van der Waals surface area contributed by atoms with Gasteiger partial charge in [-0.25, -0.2) is 14.6 Å². The van der Waals surface area contributed by atoms with E-state index in [4.69, 9.17) is 9.47 Å². The lowest BCUT2D eigenvalue weighted by Gasteiger charge is -2.36. The van der Waals surface area contributed by atoms with Crippen LogP contribution in [-0.2, 0) is 20.4 Å². The second kappa shape index (κ2) is 10.9. The average molecular weight is 479 g/mol. The van der Waals surface area contributed by atoms with Gasteiger partial charge in [-0.1, -0.05) is 33.3 Å². The molecule has 9 heteroatoms. The second-order valence-electron chi connectivity index (χ2n) is 9.03. The standard InChI is InChI=1S/C25H29F3N2O4/c1-15(2)19-10-9-16(3)12-21(19)34-22(31)14-33-24(32)20-8-5-11-29-23(20)30-18-7-4-6-17(13-18)25(26,27)28/h4-8,11,13,15-16,19,21H,9-10,12,14H2,1-3H3,(H,29,30). The van der Waals surface area contributed by atoms with Gasteiger partial charge in [-0.2, -0.15) is 13.2 Å². The molecule has 0 aliphatic heterocycles. The number of benzene rings is 1. The van der Waals surface area contributed by atoms with Crippen LogP contribution in [0.3, 0.4) is 0 Å². The van der Waals surface area contributed by atoms with Crippen molar-refractivity contribution >= 4 is 23.4 Å². The summed E-state index contributed by atoms with van der Waals surface area (Å²) in [4.78, 5) is 29.0. The summed E-state index contributed by atoms with van der Waals surface area (Å²) in [6, 6.07) is 7.43. The predicted molar refractivity (Wildman–Crippen MR) is 120 cm³/mol. The van der Waals surface area contributed by atoms with Crippen LogP contribution in [0.2, 0.25) is 0 Å². The number of anilines is 2. The molecule has 0 saturated heterocycles. The van der Waals surface area contributed by atoms with Gasteiger partial charge in [0.25, 0.3) is 0 Å². The minimum absolute atomic E-state index is 0.0148. The zero-order valence-electron chi connectivity index (χ0n) is 19.4. The number of nitrogens with one attached hydrogen (secondary N) is 1. The number of ether oxygens (including phenoxy) is 2. The molecule has 1 saturated carbocycles. The van der Waals surface area contributed by atoms with Crippen molar-refractivity contribution < 1.29 is 32.2 Å². The van der Waals surface area contributed by atoms with Crippen molar-refractivity contribution in [3.8, 4) is 0 Å². The van der Waals surface area contributed by atoms with E-state index in [-0.39, 0.29) is 29.1 Å². The Hall–Kier alpha value is -3.10. The Labute approximate surface area is 196 Å². The lowest BCUT2D eigenvalue weighted by Crippen LogP contribution is -2.36. The van der Waals surface area contributed by atoms with Crippen LogP contribution < -0.4 is 5.32 Å². The fraction of sp³-hybridized carbons (Fsp3) is 0.480. The van der Waals surface area contributed by atoms with Crippen LogP contribution in [0.1, 0.15) is 56.0 Å².